The van der Waals surface area contributed by atoms with Crippen molar-refractivity contribution in [1.82, 2.24) is 13.9 Å². The summed E-state index contributed by atoms with van der Waals surface area (Å²) in [6, 6.07) is 6.86. The van der Waals surface area contributed by atoms with Crippen LogP contribution in [0.5, 0.6) is 5.75 Å². The Morgan fingerprint density at radius 2 is 2.00 bits per heavy atom. The summed E-state index contributed by atoms with van der Waals surface area (Å²) in [5.41, 5.74) is 6.18. The number of carbonyl (C=O) groups is 2. The molecule has 3 aromatic rings. The maximum Gasteiger partial charge on any atom is 0.265 e. The monoisotopic (exact) mass is 491 g/mol. The van der Waals surface area contributed by atoms with E-state index in [9.17, 15) is 18.0 Å². The highest BCUT2D eigenvalue weighted by Crippen LogP contribution is 2.31. The van der Waals surface area contributed by atoms with E-state index < -0.39 is 15.9 Å². The zero-order chi connectivity index (χ0) is 23.8. The largest absolute Gasteiger partial charge is 0.494 e. The van der Waals surface area contributed by atoms with Gasteiger partial charge < -0.3 is 20.4 Å². The molecular formula is C21H25N5O5S2. The predicted molar refractivity (Wildman–Crippen MR) is 125 cm³/mol. The average Bonchev–Trinajstić information content (AvgIpc) is 3.37. The zero-order valence-corrected chi connectivity index (χ0v) is 19.9. The number of nitrogens with one attached hydrogen (secondary N) is 1. The molecule has 1 aliphatic heterocycles. The Morgan fingerprint density at radius 1 is 1.27 bits per heavy atom. The van der Waals surface area contributed by atoms with Crippen molar-refractivity contribution in [3.05, 3.63) is 36.2 Å². The van der Waals surface area contributed by atoms with E-state index in [2.05, 4.69) is 10.3 Å². The van der Waals surface area contributed by atoms with Crippen LogP contribution in [-0.4, -0.2) is 53.8 Å². The summed E-state index contributed by atoms with van der Waals surface area (Å²) in [6.45, 7) is 2.90. The lowest BCUT2D eigenvalue weighted by Gasteiger charge is -2.30. The van der Waals surface area contributed by atoms with Crippen molar-refractivity contribution < 1.29 is 22.7 Å². The third-order valence-corrected chi connectivity index (χ3v) is 8.39. The lowest BCUT2D eigenvalue weighted by molar-refractivity contribution is -0.120. The molecule has 0 atom stereocenters. The molecule has 176 valence electrons. The lowest BCUT2D eigenvalue weighted by Crippen LogP contribution is -2.41. The average molecular weight is 492 g/mol. The van der Waals surface area contributed by atoms with Gasteiger partial charge in [-0.05, 0) is 44.0 Å². The molecule has 0 aliphatic carbocycles. The van der Waals surface area contributed by atoms with Crippen LogP contribution >= 0.6 is 11.3 Å². The maximum absolute atomic E-state index is 13.0. The number of sulfonamides is 1. The molecule has 33 heavy (non-hydrogen) atoms. The lowest BCUT2D eigenvalue weighted by atomic mass is 9.97. The van der Waals surface area contributed by atoms with E-state index in [1.807, 2.05) is 25.1 Å². The van der Waals surface area contributed by atoms with Gasteiger partial charge in [-0.3, -0.25) is 9.59 Å². The van der Waals surface area contributed by atoms with Crippen LogP contribution in [0.25, 0.3) is 10.2 Å². The zero-order valence-electron chi connectivity index (χ0n) is 18.3. The van der Waals surface area contributed by atoms with Crippen LogP contribution in [0, 0.1) is 5.92 Å². The van der Waals surface area contributed by atoms with Crippen molar-refractivity contribution in [2.24, 2.45) is 18.7 Å². The molecule has 3 N–H and O–H groups in total. The Morgan fingerprint density at radius 3 is 2.64 bits per heavy atom. The molecule has 1 saturated heterocycles. The number of thiazole rings is 1. The minimum absolute atomic E-state index is 0.0163. The van der Waals surface area contributed by atoms with E-state index in [0.717, 1.165) is 16.0 Å². The summed E-state index contributed by atoms with van der Waals surface area (Å²) >= 11 is 1.37. The molecule has 1 aromatic carbocycles. The van der Waals surface area contributed by atoms with Crippen LogP contribution in [-0.2, 0) is 21.9 Å². The van der Waals surface area contributed by atoms with E-state index in [1.165, 1.54) is 32.5 Å². The Kier molecular flexibility index (Phi) is 6.41. The predicted octanol–water partition coefficient (Wildman–Crippen LogP) is 2.17. The first-order valence-electron chi connectivity index (χ1n) is 10.5. The van der Waals surface area contributed by atoms with Crippen LogP contribution in [0.1, 0.15) is 30.3 Å². The SMILES string of the molecule is CCOc1ccc2nc(NC(=O)C3CCN(S(=O)(=O)c4cc(C(N)=O)n(C)c4)CC3)sc2c1. The second-order valence-electron chi connectivity index (χ2n) is 7.79. The number of rotatable bonds is 7. The van der Waals surface area contributed by atoms with Crippen LogP contribution in [0.15, 0.2) is 35.4 Å². The molecule has 0 bridgehead atoms. The second-order valence-corrected chi connectivity index (χ2v) is 10.8. The summed E-state index contributed by atoms with van der Waals surface area (Å²) in [7, 11) is -2.22. The van der Waals surface area contributed by atoms with Gasteiger partial charge in [-0.15, -0.1) is 0 Å². The maximum atomic E-state index is 13.0. The topological polar surface area (TPSA) is 137 Å². The fourth-order valence-electron chi connectivity index (χ4n) is 3.85. The number of aryl methyl sites for hydroxylation is 1. The third kappa shape index (κ3) is 4.72. The molecule has 0 spiro atoms. The number of anilines is 1. The molecular weight excluding hydrogens is 466 g/mol. The van der Waals surface area contributed by atoms with Crippen LogP contribution < -0.4 is 15.8 Å². The molecule has 2 aromatic heterocycles. The van der Waals surface area contributed by atoms with Crippen LogP contribution in [0.3, 0.4) is 0 Å². The number of hydrogen-bond donors (Lipinski definition) is 2. The molecule has 2 amide bonds. The van der Waals surface area contributed by atoms with E-state index in [4.69, 9.17) is 10.5 Å². The van der Waals surface area contributed by atoms with Gasteiger partial charge in [-0.1, -0.05) is 11.3 Å². The number of fused-ring (bicyclic) bond motifs is 1. The van der Waals surface area contributed by atoms with Gasteiger partial charge in [-0.25, -0.2) is 13.4 Å². The standard InChI is InChI=1S/C21H25N5O5S2/c1-3-31-14-4-5-16-18(10-14)32-21(23-16)24-20(28)13-6-8-26(9-7-13)33(29,30)15-11-17(19(22)27)25(2)12-15/h4-5,10-13H,3,6-9H2,1-2H3,(H2,22,27)(H,23,24,28). The number of carbonyl (C=O) groups excluding carboxylic acids is 2. The van der Waals surface area contributed by atoms with Crippen molar-refractivity contribution in [1.29, 1.82) is 0 Å². The number of nitrogens with two attached hydrogens (primary N) is 1. The molecule has 1 fully saturated rings. The second kappa shape index (κ2) is 9.12. The normalized spacial score (nSPS) is 15.6. The highest BCUT2D eigenvalue weighted by Gasteiger charge is 2.33. The number of ether oxygens (including phenoxy) is 1. The van der Waals surface area contributed by atoms with E-state index in [0.29, 0.717) is 24.6 Å². The smallest absolute Gasteiger partial charge is 0.265 e. The first kappa shape index (κ1) is 23.2. The van der Waals surface area contributed by atoms with Crippen molar-refractivity contribution in [3.8, 4) is 5.75 Å². The van der Waals surface area contributed by atoms with Crippen molar-refractivity contribution in [2.45, 2.75) is 24.7 Å². The van der Waals surface area contributed by atoms with E-state index in [-0.39, 0.29) is 35.5 Å². The molecule has 1 aliphatic rings. The summed E-state index contributed by atoms with van der Waals surface area (Å²) in [5, 5.41) is 3.37. The molecule has 0 saturated carbocycles. The van der Waals surface area contributed by atoms with Crippen LogP contribution in [0.4, 0.5) is 5.13 Å². The molecule has 3 heterocycles. The number of amides is 2. The van der Waals surface area contributed by atoms with Gasteiger partial charge in [0.2, 0.25) is 15.9 Å². The van der Waals surface area contributed by atoms with E-state index in [1.54, 1.807) is 7.05 Å². The molecule has 4 rings (SSSR count). The molecule has 12 heteroatoms. The number of primary amides is 1. The summed E-state index contributed by atoms with van der Waals surface area (Å²) in [6.07, 6.45) is 2.15. The molecule has 10 nitrogen and oxygen atoms in total. The van der Waals surface area contributed by atoms with Crippen molar-refractivity contribution in [2.75, 3.05) is 25.0 Å². The van der Waals surface area contributed by atoms with Gasteiger partial charge >= 0.3 is 0 Å². The summed E-state index contributed by atoms with van der Waals surface area (Å²) in [5.74, 6) is -0.439. The summed E-state index contributed by atoms with van der Waals surface area (Å²) < 4.78 is 35.1. The first-order chi connectivity index (χ1) is 15.7. The van der Waals surface area contributed by atoms with Crippen molar-refractivity contribution in [3.63, 3.8) is 0 Å². The highest BCUT2D eigenvalue weighted by molar-refractivity contribution is 7.89. The van der Waals surface area contributed by atoms with Gasteiger partial charge in [0.25, 0.3) is 5.91 Å². The fourth-order valence-corrected chi connectivity index (χ4v) is 6.29. The number of aromatic nitrogens is 2. The Labute approximate surface area is 195 Å². The highest BCUT2D eigenvalue weighted by atomic mass is 32.2. The number of benzene rings is 1. The van der Waals surface area contributed by atoms with Gasteiger partial charge in [0.1, 0.15) is 16.3 Å². The number of nitrogens with zero attached hydrogens (tertiary/aromatic N) is 3. The molecule has 0 unspecified atom stereocenters. The Balaban J connectivity index is 1.39. The Bertz CT molecular complexity index is 1310. The first-order valence-corrected chi connectivity index (χ1v) is 12.7. The number of hydrogen-bond acceptors (Lipinski definition) is 7. The van der Waals surface area contributed by atoms with Gasteiger partial charge in [0.15, 0.2) is 5.13 Å². The van der Waals surface area contributed by atoms with Gasteiger partial charge in [0, 0.05) is 32.3 Å². The quantitative estimate of drug-likeness (QED) is 0.520. The Hall–Kier alpha value is -2.96. The van der Waals surface area contributed by atoms with Gasteiger partial charge in [-0.2, -0.15) is 4.31 Å². The minimum Gasteiger partial charge on any atom is -0.494 e. The molecule has 0 radical (unpaired) electrons. The third-order valence-electron chi connectivity index (χ3n) is 5.60. The fraction of sp³-hybridized carbons (Fsp3) is 0.381. The van der Waals surface area contributed by atoms with Gasteiger partial charge in [0.05, 0.1) is 16.8 Å². The summed E-state index contributed by atoms with van der Waals surface area (Å²) in [4.78, 5) is 28.7. The van der Waals surface area contributed by atoms with Crippen LogP contribution in [0.2, 0.25) is 0 Å². The number of piperidine rings is 1. The minimum atomic E-state index is -3.78. The van der Waals surface area contributed by atoms with Crippen molar-refractivity contribution >= 4 is 48.5 Å². The van der Waals surface area contributed by atoms with E-state index >= 15 is 0 Å².